The van der Waals surface area contributed by atoms with E-state index in [4.69, 9.17) is 4.74 Å². The molecule has 0 saturated heterocycles. The molecule has 1 atom stereocenters. The second kappa shape index (κ2) is 5.18. The molecule has 0 amide bonds. The van der Waals surface area contributed by atoms with E-state index in [-0.39, 0.29) is 4.90 Å². The lowest BCUT2D eigenvalue weighted by Crippen LogP contribution is -2.20. The Morgan fingerprint density at radius 2 is 1.82 bits per heavy atom. The molecule has 0 fully saturated rings. The Morgan fingerprint density at radius 3 is 2.50 bits per heavy atom. The van der Waals surface area contributed by atoms with Crippen LogP contribution in [0.4, 0.5) is 0 Å². The molecule has 1 unspecified atom stereocenters. The molecule has 0 spiro atoms. The first-order chi connectivity index (χ1) is 10.2. The van der Waals surface area contributed by atoms with Gasteiger partial charge in [-0.1, -0.05) is 30.3 Å². The molecule has 7 heteroatoms. The van der Waals surface area contributed by atoms with E-state index < -0.39 is 18.8 Å². The maximum Gasteiger partial charge on any atom is 0.340 e. The molecule has 22 heavy (non-hydrogen) atoms. The molecule has 114 valence electrons. The van der Waals surface area contributed by atoms with Crippen LogP contribution in [0.25, 0.3) is 0 Å². The van der Waals surface area contributed by atoms with E-state index in [1.807, 2.05) is 0 Å². The Bertz CT molecular complexity index is 892. The van der Waals surface area contributed by atoms with Crippen molar-refractivity contribution in [2.45, 2.75) is 16.3 Å². The first-order valence-corrected chi connectivity index (χ1v) is 10.4. The summed E-state index contributed by atoms with van der Waals surface area (Å²) in [6.07, 6.45) is 0. The largest absolute Gasteiger partial charge is 0.435 e. The average Bonchev–Trinajstić information content (AvgIpc) is 2.71. The molecule has 1 heterocycles. The Morgan fingerprint density at radius 1 is 1.14 bits per heavy atom. The van der Waals surface area contributed by atoms with Gasteiger partial charge < -0.3 is 4.74 Å². The third-order valence-corrected chi connectivity index (χ3v) is 6.61. The van der Waals surface area contributed by atoms with Crippen molar-refractivity contribution in [2.24, 2.45) is 0 Å². The lowest BCUT2D eigenvalue weighted by molar-refractivity contribution is 0.0399. The predicted molar refractivity (Wildman–Crippen MR) is 88.9 cm³/mol. The zero-order valence-corrected chi connectivity index (χ0v) is 15.3. The molecular formula is C15H10Br2O4S. The lowest BCUT2D eigenvalue weighted by atomic mass is 9.98. The number of fused-ring (bicyclic) bond motifs is 1. The van der Waals surface area contributed by atoms with E-state index in [0.29, 0.717) is 22.3 Å². The van der Waals surface area contributed by atoms with Crippen LogP contribution in [0.5, 0.6) is 0 Å². The highest BCUT2D eigenvalue weighted by molar-refractivity contribution is 9.47. The van der Waals surface area contributed by atoms with Gasteiger partial charge in [-0.2, -0.15) is 0 Å². The third kappa shape index (κ3) is 2.41. The zero-order chi connectivity index (χ0) is 16.1. The number of cyclic esters (lactones) is 1. The van der Waals surface area contributed by atoms with E-state index in [2.05, 4.69) is 30.7 Å². The minimum absolute atomic E-state index is 0.143. The number of carbonyl (C=O) groups excluding carboxylic acids is 1. The van der Waals surface area contributed by atoms with Gasteiger partial charge in [0.25, 0.3) is 0 Å². The van der Waals surface area contributed by atoms with Crippen LogP contribution in [-0.4, -0.2) is 14.4 Å². The molecule has 1 aliphatic rings. The van der Waals surface area contributed by atoms with Crippen LogP contribution in [-0.2, 0) is 17.5 Å². The van der Waals surface area contributed by atoms with Crippen molar-refractivity contribution in [1.29, 1.82) is 0 Å². The van der Waals surface area contributed by atoms with Gasteiger partial charge in [0.2, 0.25) is 12.8 Å². The average molecular weight is 446 g/mol. The van der Waals surface area contributed by atoms with Crippen molar-refractivity contribution < 1.29 is 17.9 Å². The van der Waals surface area contributed by atoms with Gasteiger partial charge in [0.05, 0.1) is 25.3 Å². The minimum atomic E-state index is -3.55. The molecule has 2 aromatic carbocycles. The summed E-state index contributed by atoms with van der Waals surface area (Å²) in [4.78, 5) is 12.2. The monoisotopic (exact) mass is 444 g/mol. The number of hydrogen-bond donors (Lipinski definition) is 0. The maximum atomic E-state index is 12.0. The van der Waals surface area contributed by atoms with Crippen molar-refractivity contribution in [3.8, 4) is 0 Å². The van der Waals surface area contributed by atoms with Crippen molar-refractivity contribution in [1.82, 2.24) is 0 Å². The zero-order valence-electron chi connectivity index (χ0n) is 11.3. The van der Waals surface area contributed by atoms with Gasteiger partial charge in [0.15, 0.2) is 0 Å². The van der Waals surface area contributed by atoms with Crippen LogP contribution in [0.1, 0.15) is 27.0 Å². The standard InChI is InChI=1S/C15H10Br2O4S/c1-9-6-7-10(8-13(9)22(17,19)20)15(16)12-5-3-2-4-11(12)14(18)21-15/h2-8H,1H3. The summed E-state index contributed by atoms with van der Waals surface area (Å²) in [5, 5.41) is 0. The molecule has 0 aromatic heterocycles. The van der Waals surface area contributed by atoms with Gasteiger partial charge >= 0.3 is 5.97 Å². The van der Waals surface area contributed by atoms with Crippen LogP contribution >= 0.6 is 30.7 Å². The Balaban J connectivity index is 2.23. The topological polar surface area (TPSA) is 60.4 Å². The minimum Gasteiger partial charge on any atom is -0.435 e. The fraction of sp³-hybridized carbons (Fsp3) is 0.133. The molecule has 3 rings (SSSR count). The highest BCUT2D eigenvalue weighted by Crippen LogP contribution is 2.47. The number of carbonyl (C=O) groups is 1. The number of alkyl halides is 1. The van der Waals surface area contributed by atoms with Crippen LogP contribution in [0.15, 0.2) is 47.4 Å². The number of ether oxygens (including phenoxy) is 1. The summed E-state index contributed by atoms with van der Waals surface area (Å²) in [5.74, 6) is -0.448. The Labute approximate surface area is 143 Å². The van der Waals surface area contributed by atoms with E-state index in [1.165, 1.54) is 6.07 Å². The number of hydrogen-bond acceptors (Lipinski definition) is 4. The molecular weight excluding hydrogens is 436 g/mol. The number of benzene rings is 2. The fourth-order valence-corrected chi connectivity index (χ4v) is 4.96. The van der Waals surface area contributed by atoms with Gasteiger partial charge in [0.1, 0.15) is 0 Å². The first kappa shape index (κ1) is 15.7. The van der Waals surface area contributed by atoms with Gasteiger partial charge in [-0.25, -0.2) is 13.2 Å². The third-order valence-electron chi connectivity index (χ3n) is 3.55. The molecule has 2 aromatic rings. The van der Waals surface area contributed by atoms with Crippen LogP contribution in [0, 0.1) is 6.92 Å². The fourth-order valence-electron chi connectivity index (χ4n) is 2.46. The van der Waals surface area contributed by atoms with Crippen LogP contribution in [0.2, 0.25) is 0 Å². The number of halogens is 2. The van der Waals surface area contributed by atoms with E-state index in [9.17, 15) is 13.2 Å². The normalized spacial score (nSPS) is 20.6. The highest BCUT2D eigenvalue weighted by Gasteiger charge is 2.45. The molecule has 0 radical (unpaired) electrons. The quantitative estimate of drug-likeness (QED) is 0.400. The van der Waals surface area contributed by atoms with Gasteiger partial charge in [-0.15, -0.1) is 0 Å². The summed E-state index contributed by atoms with van der Waals surface area (Å²) in [6, 6.07) is 11.9. The molecule has 0 N–H and O–H groups in total. The molecule has 0 saturated carbocycles. The summed E-state index contributed by atoms with van der Waals surface area (Å²) in [6.45, 7) is 1.70. The maximum absolute atomic E-state index is 12.0. The van der Waals surface area contributed by atoms with Gasteiger partial charge in [-0.05, 0) is 40.5 Å². The van der Waals surface area contributed by atoms with Crippen LogP contribution < -0.4 is 0 Å². The van der Waals surface area contributed by atoms with E-state index >= 15 is 0 Å². The Kier molecular flexibility index (Phi) is 3.70. The first-order valence-electron chi connectivity index (χ1n) is 6.31. The number of rotatable bonds is 2. The molecule has 1 aliphatic heterocycles. The summed E-state index contributed by atoms with van der Waals surface area (Å²) in [7, 11) is -3.55. The van der Waals surface area contributed by atoms with E-state index in [1.54, 1.807) is 43.3 Å². The smallest absolute Gasteiger partial charge is 0.340 e. The predicted octanol–water partition coefficient (Wildman–Crippen LogP) is 3.85. The van der Waals surface area contributed by atoms with E-state index in [0.717, 1.165) is 0 Å². The summed E-state index contributed by atoms with van der Waals surface area (Å²) < 4.78 is 28.0. The Hall–Kier alpha value is -1.18. The van der Waals surface area contributed by atoms with Gasteiger partial charge in [-0.3, -0.25) is 0 Å². The second-order valence-electron chi connectivity index (χ2n) is 4.95. The summed E-state index contributed by atoms with van der Waals surface area (Å²) >= 11 is 6.16. The summed E-state index contributed by atoms with van der Waals surface area (Å²) in [5.41, 5.74) is 2.26. The van der Waals surface area contributed by atoms with Crippen molar-refractivity contribution in [3.05, 3.63) is 64.7 Å². The SMILES string of the molecule is Cc1ccc(C2(Br)OC(=O)c3ccccc32)cc1S(=O)(=O)Br. The molecule has 4 nitrogen and oxygen atoms in total. The number of aryl methyl sites for hydroxylation is 1. The van der Waals surface area contributed by atoms with Crippen molar-refractivity contribution >= 4 is 45.0 Å². The van der Waals surface area contributed by atoms with Crippen LogP contribution in [0.3, 0.4) is 0 Å². The van der Waals surface area contributed by atoms with Crippen molar-refractivity contribution in [2.75, 3.05) is 0 Å². The van der Waals surface area contributed by atoms with Crippen molar-refractivity contribution in [3.63, 3.8) is 0 Å². The second-order valence-corrected chi connectivity index (χ2v) is 9.94. The van der Waals surface area contributed by atoms with Gasteiger partial charge in [0, 0.05) is 11.1 Å². The highest BCUT2D eigenvalue weighted by atomic mass is 79.9. The molecule has 0 aliphatic carbocycles. The lowest BCUT2D eigenvalue weighted by Gasteiger charge is -2.23. The number of esters is 1. The molecule has 0 bridgehead atoms.